The number of aromatic amines is 1. The summed E-state index contributed by atoms with van der Waals surface area (Å²) in [6.45, 7) is 5.50. The van der Waals surface area contributed by atoms with E-state index in [1.54, 1.807) is 20.2 Å². The minimum absolute atomic E-state index is 0.119. The minimum atomic E-state index is -1.34. The first kappa shape index (κ1) is 77.1. The van der Waals surface area contributed by atoms with Crippen molar-refractivity contribution in [1.29, 1.82) is 0 Å². The summed E-state index contributed by atoms with van der Waals surface area (Å²) in [6.07, 6.45) is 22.7. The summed E-state index contributed by atoms with van der Waals surface area (Å²) in [4.78, 5) is 125. The molecule has 0 bridgehead atoms. The molecule has 0 aromatic carbocycles. The van der Waals surface area contributed by atoms with Gasteiger partial charge in [0.2, 0.25) is 29.5 Å². The van der Waals surface area contributed by atoms with Crippen molar-refractivity contribution in [2.45, 2.75) is 180 Å². The van der Waals surface area contributed by atoms with Crippen LogP contribution in [0, 0.1) is 11.8 Å². The van der Waals surface area contributed by atoms with Crippen LogP contribution in [0.1, 0.15) is 168 Å². The van der Waals surface area contributed by atoms with Crippen LogP contribution in [0.25, 0.3) is 0 Å². The third-order valence-corrected chi connectivity index (χ3v) is 13.1. The molecule has 83 heavy (non-hydrogen) atoms. The number of aromatic nitrogens is 2. The van der Waals surface area contributed by atoms with Gasteiger partial charge in [-0.3, -0.25) is 47.9 Å². The first-order chi connectivity index (χ1) is 39.7. The highest BCUT2D eigenvalue weighted by Crippen LogP contribution is 2.20. The number of carboxylic acid groups (broad SMARTS) is 3. The van der Waals surface area contributed by atoms with Gasteiger partial charge in [-0.2, -0.15) is 0 Å². The molecular formula is C57H101N9O17. The van der Waals surface area contributed by atoms with Gasteiger partial charge in [-0.25, -0.2) is 4.98 Å². The Kier molecular flexibility index (Phi) is 47.0. The Balaban J connectivity index is 0.00000244. The second-order valence-electron chi connectivity index (χ2n) is 21.0. The van der Waals surface area contributed by atoms with Gasteiger partial charge in [0.05, 0.1) is 76.6 Å². The number of amides is 5. The third kappa shape index (κ3) is 47.2. The van der Waals surface area contributed by atoms with Crippen LogP contribution in [0.4, 0.5) is 0 Å². The number of carboxylic acids is 3. The lowest BCUT2D eigenvalue weighted by molar-refractivity contribution is -0.141. The number of carbonyl (C=O) groups is 10. The number of H-pyrrole nitrogens is 1. The summed E-state index contributed by atoms with van der Waals surface area (Å²) < 4.78 is 21.3. The van der Waals surface area contributed by atoms with Crippen LogP contribution in [-0.4, -0.2) is 189 Å². The van der Waals surface area contributed by atoms with E-state index in [1.165, 1.54) is 90.8 Å². The topological polar surface area (TPSA) is 395 Å². The lowest BCUT2D eigenvalue weighted by Gasteiger charge is -2.28. The van der Waals surface area contributed by atoms with Gasteiger partial charge in [-0.15, -0.1) is 0 Å². The third-order valence-electron chi connectivity index (χ3n) is 13.1. The van der Waals surface area contributed by atoms with Gasteiger partial charge in [-0.05, 0) is 46.0 Å². The molecule has 0 aliphatic heterocycles. The van der Waals surface area contributed by atoms with E-state index < -0.39 is 59.6 Å². The van der Waals surface area contributed by atoms with Crippen molar-refractivity contribution >= 4 is 59.0 Å². The van der Waals surface area contributed by atoms with E-state index in [0.717, 1.165) is 19.3 Å². The number of carbonyl (C=O) groups excluding carboxylic acids is 7. The molecule has 5 amide bonds. The molecule has 3 atom stereocenters. The van der Waals surface area contributed by atoms with Crippen LogP contribution in [0.5, 0.6) is 0 Å². The van der Waals surface area contributed by atoms with Gasteiger partial charge in [0.25, 0.3) is 0 Å². The first-order valence-electron chi connectivity index (χ1n) is 29.5. The standard InChI is InChI=1S/C38H64N8O14.C19H37NO3/c1-26(37(55)56)7-8-32(49)43-10-12-57-14-17-60-24-34(51)44-11-13-58-15-16-59-23-33(50)42-9-5-4-6-27(30(47)21-40-22-35(52)53)18-31(48)38(2,3)46-36(54)29(39)19-28-20-41-25-45-28;1-20-18(21)16-14-12-10-8-6-4-2-3-5-7-9-11-13-15-17-19(22)23/h20,25-27,29,40H,4-19,21-24,39H2,1-3H3,(H,41,45)(H,42,50)(H,43,49)(H,44,51)(H,46,54)(H,52,53)(H,55,56);2-17H2,1H3,(H,20,21)(H,22,23)/t26-,27+,29-;/m0./s1. The number of ether oxygens (including phenoxy) is 4. The Morgan fingerprint density at radius 1 is 0.590 bits per heavy atom. The smallest absolute Gasteiger partial charge is 0.317 e. The zero-order valence-corrected chi connectivity index (χ0v) is 49.9. The molecule has 26 heteroatoms. The molecule has 476 valence electrons. The number of imidazole rings is 1. The van der Waals surface area contributed by atoms with E-state index in [2.05, 4.69) is 41.9 Å². The summed E-state index contributed by atoms with van der Waals surface area (Å²) in [5.41, 5.74) is 5.33. The predicted octanol–water partition coefficient (Wildman–Crippen LogP) is 3.14. The number of rotatable bonds is 54. The fourth-order valence-electron chi connectivity index (χ4n) is 8.00. The number of nitrogens with zero attached hydrogens (tertiary/aromatic N) is 1. The Morgan fingerprint density at radius 2 is 1.10 bits per heavy atom. The lowest BCUT2D eigenvalue weighted by Crippen LogP contribution is -2.55. The van der Waals surface area contributed by atoms with Crippen LogP contribution in [0.15, 0.2) is 12.5 Å². The highest BCUT2D eigenvalue weighted by Gasteiger charge is 2.34. The van der Waals surface area contributed by atoms with Crippen molar-refractivity contribution in [2.75, 3.05) is 92.6 Å². The monoisotopic (exact) mass is 1180 g/mol. The molecule has 1 aromatic rings. The van der Waals surface area contributed by atoms with Gasteiger partial charge in [-0.1, -0.05) is 90.4 Å². The van der Waals surface area contributed by atoms with Crippen LogP contribution in [-0.2, 0) is 73.3 Å². The molecule has 26 nitrogen and oxygen atoms in total. The zero-order valence-electron chi connectivity index (χ0n) is 49.9. The van der Waals surface area contributed by atoms with Gasteiger partial charge >= 0.3 is 17.9 Å². The van der Waals surface area contributed by atoms with Crippen molar-refractivity contribution in [1.82, 2.24) is 41.9 Å². The second-order valence-corrected chi connectivity index (χ2v) is 21.0. The summed E-state index contributed by atoms with van der Waals surface area (Å²) in [6, 6.07) is -0.944. The lowest BCUT2D eigenvalue weighted by atomic mass is 9.85. The van der Waals surface area contributed by atoms with Crippen molar-refractivity contribution in [3.8, 4) is 0 Å². The average molecular weight is 1180 g/mol. The summed E-state index contributed by atoms with van der Waals surface area (Å²) in [7, 11) is 1.70. The summed E-state index contributed by atoms with van der Waals surface area (Å²) in [5.74, 6) is -6.17. The maximum absolute atomic E-state index is 13.3. The molecular weight excluding hydrogens is 1080 g/mol. The van der Waals surface area contributed by atoms with Crippen molar-refractivity contribution in [2.24, 2.45) is 17.6 Å². The Hall–Kier alpha value is -5.93. The molecule has 0 spiro atoms. The van der Waals surface area contributed by atoms with E-state index >= 15 is 0 Å². The van der Waals surface area contributed by atoms with Crippen molar-refractivity contribution in [3.05, 3.63) is 18.2 Å². The SMILES string of the molecule is CNC(=O)CCCCCCCCCCCCCCCCC(=O)O.C[C@@H](CCC(=O)NCCOCCOCC(=O)NCCOCCOCC(=O)NCCCC[C@H](CC(=O)C(C)(C)NC(=O)[C@@H](N)Cc1cnc[nH]1)C(=O)CNCC(=O)O)C(=O)O. The summed E-state index contributed by atoms with van der Waals surface area (Å²) in [5, 5.41) is 42.1. The Bertz CT molecular complexity index is 1980. The molecule has 0 radical (unpaired) electrons. The van der Waals surface area contributed by atoms with Crippen LogP contribution >= 0.6 is 0 Å². The largest absolute Gasteiger partial charge is 0.481 e. The van der Waals surface area contributed by atoms with Crippen molar-refractivity contribution in [3.63, 3.8) is 0 Å². The second kappa shape index (κ2) is 50.6. The molecule has 1 rings (SSSR count). The van der Waals surface area contributed by atoms with Gasteiger partial charge < -0.3 is 76.9 Å². The molecule has 0 saturated heterocycles. The van der Waals surface area contributed by atoms with E-state index in [4.69, 9.17) is 40.0 Å². The molecule has 0 unspecified atom stereocenters. The minimum Gasteiger partial charge on any atom is -0.481 e. The van der Waals surface area contributed by atoms with Gasteiger partial charge in [0, 0.05) is 76.6 Å². The Labute approximate surface area is 490 Å². The fourth-order valence-corrected chi connectivity index (χ4v) is 8.00. The van der Waals surface area contributed by atoms with Gasteiger partial charge in [0.15, 0.2) is 5.78 Å². The highest BCUT2D eigenvalue weighted by molar-refractivity contribution is 5.96. The van der Waals surface area contributed by atoms with E-state index in [9.17, 15) is 47.9 Å². The molecule has 12 N–H and O–H groups in total. The van der Waals surface area contributed by atoms with Crippen LogP contribution in [0.3, 0.4) is 0 Å². The van der Waals surface area contributed by atoms with E-state index in [0.29, 0.717) is 37.8 Å². The quantitative estimate of drug-likeness (QED) is 0.0417. The summed E-state index contributed by atoms with van der Waals surface area (Å²) >= 11 is 0. The maximum atomic E-state index is 13.3. The number of hydrogen-bond donors (Lipinski definition) is 11. The highest BCUT2D eigenvalue weighted by atomic mass is 16.5. The maximum Gasteiger partial charge on any atom is 0.317 e. The molecule has 1 aromatic heterocycles. The number of aliphatic carboxylic acids is 3. The Morgan fingerprint density at radius 3 is 1.59 bits per heavy atom. The normalized spacial score (nSPS) is 12.2. The number of nitrogens with two attached hydrogens (primary N) is 1. The van der Waals surface area contributed by atoms with Gasteiger partial charge in [0.1, 0.15) is 19.0 Å². The molecule has 1 heterocycles. The number of ketones is 2. The van der Waals surface area contributed by atoms with E-state index in [-0.39, 0.29) is 134 Å². The molecule has 0 saturated carbocycles. The van der Waals surface area contributed by atoms with Crippen molar-refractivity contribution < 1.29 is 82.2 Å². The number of hydrogen-bond acceptors (Lipinski definition) is 17. The number of Topliss-reactive ketones (excluding diaryl/α,β-unsaturated/α-hetero) is 2. The van der Waals surface area contributed by atoms with E-state index in [1.807, 2.05) is 0 Å². The predicted molar refractivity (Wildman–Crippen MR) is 309 cm³/mol. The van der Waals surface area contributed by atoms with Crippen LogP contribution < -0.4 is 37.6 Å². The first-order valence-corrected chi connectivity index (χ1v) is 29.5. The fraction of sp³-hybridized carbons (Fsp3) is 0.772. The number of unbranched alkanes of at least 4 members (excludes halogenated alkanes) is 14. The van der Waals surface area contributed by atoms with Crippen LogP contribution in [0.2, 0.25) is 0 Å². The average Bonchev–Trinajstić information content (AvgIpc) is 4.00. The number of nitrogens with one attached hydrogen (secondary N) is 7. The molecule has 0 aliphatic carbocycles. The molecule has 0 fully saturated rings. The zero-order chi connectivity index (χ0) is 61.9. The molecule has 0 aliphatic rings.